The Hall–Kier alpha value is 0.0700. The molecule has 2 atom stereocenters. The molecule has 0 spiro atoms. The highest BCUT2D eigenvalue weighted by molar-refractivity contribution is 7.53. The van der Waals surface area contributed by atoms with Gasteiger partial charge < -0.3 is 10.7 Å². The Labute approximate surface area is 162 Å². The van der Waals surface area contributed by atoms with Crippen molar-refractivity contribution >= 4 is 7.60 Å². The van der Waals surface area contributed by atoms with Crippen LogP contribution in [-0.4, -0.2) is 18.5 Å². The van der Waals surface area contributed by atoms with E-state index in [-0.39, 0.29) is 12.1 Å². The van der Waals surface area contributed by atoms with E-state index in [1.54, 1.807) is 0 Å². The lowest BCUT2D eigenvalue weighted by Crippen LogP contribution is -2.05. The molecule has 6 heteroatoms. The Kier molecular flexibility index (Phi) is 21.6. The molecule has 5 nitrogen and oxygen atoms in total. The summed E-state index contributed by atoms with van der Waals surface area (Å²) in [6, 6.07) is 0. The first-order chi connectivity index (χ1) is 12.1. The molecular weight excluding hydrogens is 349 g/mol. The maximum absolute atomic E-state index is 11.8. The van der Waals surface area contributed by atoms with E-state index in [0.29, 0.717) is 6.16 Å². The van der Waals surface area contributed by atoms with Crippen LogP contribution in [-0.2, 0) is 13.8 Å². The van der Waals surface area contributed by atoms with E-state index in [1.165, 1.54) is 90.6 Å². The van der Waals surface area contributed by atoms with Gasteiger partial charge in [0.05, 0.1) is 6.16 Å². The third-order valence-electron chi connectivity index (χ3n) is 4.99. The summed E-state index contributed by atoms with van der Waals surface area (Å²) in [5, 5.41) is 8.64. The highest BCUT2D eigenvalue weighted by Crippen LogP contribution is 2.48. The van der Waals surface area contributed by atoms with Crippen LogP contribution in [0.1, 0.15) is 110 Å². The van der Waals surface area contributed by atoms with Crippen LogP contribution in [0.3, 0.4) is 0 Å². The van der Waals surface area contributed by atoms with Gasteiger partial charge in [0.25, 0.3) is 0 Å². The molecule has 0 aromatic carbocycles. The van der Waals surface area contributed by atoms with Crippen molar-refractivity contribution in [2.24, 2.45) is 5.92 Å². The van der Waals surface area contributed by atoms with Gasteiger partial charge in [-0.2, -0.15) is 4.67 Å². The van der Waals surface area contributed by atoms with Crippen molar-refractivity contribution in [2.75, 3.05) is 13.3 Å². The van der Waals surface area contributed by atoms with E-state index in [4.69, 9.17) is 9.78 Å². The first-order valence-electron chi connectivity index (χ1n) is 10.6. The van der Waals surface area contributed by atoms with E-state index in [0.717, 1.165) is 12.8 Å². The lowest BCUT2D eigenvalue weighted by molar-refractivity contribution is -0.148. The molecule has 0 saturated heterocycles. The number of rotatable bonds is 19. The van der Waals surface area contributed by atoms with E-state index in [1.807, 2.05) is 6.92 Å². The van der Waals surface area contributed by atoms with Crippen LogP contribution in [0.5, 0.6) is 0 Å². The first kappa shape index (κ1) is 28.3. The Bertz CT molecular complexity index is 321. The van der Waals surface area contributed by atoms with Gasteiger partial charge in [0.1, 0.15) is 0 Å². The molecule has 0 bridgehead atoms. The summed E-state index contributed by atoms with van der Waals surface area (Å²) in [5.41, 5.74) is 0. The second-order valence-corrected chi connectivity index (χ2v) is 9.66. The van der Waals surface area contributed by atoms with Crippen molar-refractivity contribution in [3.05, 3.63) is 0 Å². The minimum absolute atomic E-state index is 0. The van der Waals surface area contributed by atoms with Crippen LogP contribution in [0.2, 0.25) is 0 Å². The normalized spacial score (nSPS) is 14.6. The topological polar surface area (TPSA) is 90.8 Å². The number of unbranched alkanes of at least 4 members (excludes halogenated alkanes) is 13. The van der Waals surface area contributed by atoms with Crippen molar-refractivity contribution in [3.8, 4) is 0 Å². The van der Waals surface area contributed by atoms with Gasteiger partial charge in [-0.1, -0.05) is 110 Å². The molecule has 160 valence electrons. The standard InChI is InChI=1S/C20H43O4P.H3N/c1-4-5-6-7-8-9-10-11-12-13-14-15-16-17-18-20(2)19-25(22,23-3)24-21;/h20-21H,4-19H2,1-3H3;1H3. The predicted octanol–water partition coefficient (Wildman–Crippen LogP) is 7.99. The van der Waals surface area contributed by atoms with Gasteiger partial charge in [-0.3, -0.25) is 4.57 Å². The zero-order chi connectivity index (χ0) is 18.8. The quantitative estimate of drug-likeness (QED) is 0.100. The Morgan fingerprint density at radius 3 is 1.54 bits per heavy atom. The van der Waals surface area contributed by atoms with Crippen LogP contribution in [0.25, 0.3) is 0 Å². The molecule has 0 aliphatic rings. The highest BCUT2D eigenvalue weighted by Gasteiger charge is 2.25. The summed E-state index contributed by atoms with van der Waals surface area (Å²) in [4.78, 5) is 0. The van der Waals surface area contributed by atoms with Gasteiger partial charge in [-0.05, 0) is 5.92 Å². The Balaban J connectivity index is 0. The van der Waals surface area contributed by atoms with Crippen molar-refractivity contribution in [3.63, 3.8) is 0 Å². The van der Waals surface area contributed by atoms with Crippen LogP contribution >= 0.6 is 7.60 Å². The predicted molar refractivity (Wildman–Crippen MR) is 112 cm³/mol. The van der Waals surface area contributed by atoms with Gasteiger partial charge >= 0.3 is 7.60 Å². The summed E-state index contributed by atoms with van der Waals surface area (Å²) < 4.78 is 20.6. The molecule has 0 aliphatic carbocycles. The van der Waals surface area contributed by atoms with E-state index >= 15 is 0 Å². The summed E-state index contributed by atoms with van der Waals surface area (Å²) in [7, 11) is -1.95. The van der Waals surface area contributed by atoms with Crippen LogP contribution in [0.4, 0.5) is 0 Å². The molecule has 0 heterocycles. The lowest BCUT2D eigenvalue weighted by atomic mass is 10.0. The molecule has 0 aromatic rings. The van der Waals surface area contributed by atoms with Crippen LogP contribution in [0, 0.1) is 5.92 Å². The van der Waals surface area contributed by atoms with Gasteiger partial charge in [0.15, 0.2) is 0 Å². The highest BCUT2D eigenvalue weighted by atomic mass is 31.2. The maximum atomic E-state index is 11.8. The first-order valence-corrected chi connectivity index (χ1v) is 12.3. The molecule has 0 fully saturated rings. The zero-order valence-electron chi connectivity index (χ0n) is 17.7. The Morgan fingerprint density at radius 1 is 0.808 bits per heavy atom. The van der Waals surface area contributed by atoms with E-state index in [2.05, 4.69) is 11.6 Å². The number of hydrogen-bond acceptors (Lipinski definition) is 5. The largest absolute Gasteiger partial charge is 0.357 e. The molecule has 2 unspecified atom stereocenters. The average Bonchev–Trinajstić information content (AvgIpc) is 2.61. The van der Waals surface area contributed by atoms with Crippen molar-refractivity contribution in [2.45, 2.75) is 110 Å². The van der Waals surface area contributed by atoms with Crippen molar-refractivity contribution < 1.29 is 19.0 Å². The molecule has 4 N–H and O–H groups in total. The van der Waals surface area contributed by atoms with Gasteiger partial charge in [0.2, 0.25) is 0 Å². The average molecular weight is 396 g/mol. The SMILES string of the molecule is CCCCCCCCCCCCCCCCC(C)CP(=O)(OC)OO.N. The smallest absolute Gasteiger partial charge is 0.344 e. The molecule has 0 radical (unpaired) electrons. The van der Waals surface area contributed by atoms with Gasteiger partial charge in [-0.15, -0.1) is 0 Å². The number of hydrogen-bond donors (Lipinski definition) is 2. The lowest BCUT2D eigenvalue weighted by Gasteiger charge is -2.16. The molecule has 26 heavy (non-hydrogen) atoms. The molecular formula is C20H46NO4P. The zero-order valence-corrected chi connectivity index (χ0v) is 18.6. The van der Waals surface area contributed by atoms with E-state index in [9.17, 15) is 4.57 Å². The second kappa shape index (κ2) is 19.8. The molecule has 0 aliphatic heterocycles. The minimum Gasteiger partial charge on any atom is -0.344 e. The maximum Gasteiger partial charge on any atom is 0.357 e. The summed E-state index contributed by atoms with van der Waals surface area (Å²) in [6.45, 7) is 4.30. The fraction of sp³-hybridized carbons (Fsp3) is 1.00. The molecule has 0 amide bonds. The minimum atomic E-state index is -3.27. The van der Waals surface area contributed by atoms with Gasteiger partial charge in [0, 0.05) is 7.11 Å². The third-order valence-corrected chi connectivity index (χ3v) is 6.86. The molecule has 0 rings (SSSR count). The third kappa shape index (κ3) is 17.5. The molecule has 0 aromatic heterocycles. The fourth-order valence-electron chi connectivity index (χ4n) is 3.30. The monoisotopic (exact) mass is 395 g/mol. The summed E-state index contributed by atoms with van der Waals surface area (Å²) in [5.74, 6) is 0.246. The van der Waals surface area contributed by atoms with E-state index < -0.39 is 7.60 Å². The molecule has 0 saturated carbocycles. The fourth-order valence-corrected chi connectivity index (χ4v) is 4.53. The second-order valence-electron chi connectivity index (χ2n) is 7.55. The van der Waals surface area contributed by atoms with Crippen LogP contribution in [0.15, 0.2) is 0 Å². The van der Waals surface area contributed by atoms with Crippen LogP contribution < -0.4 is 6.15 Å². The Morgan fingerprint density at radius 2 is 1.19 bits per heavy atom. The van der Waals surface area contributed by atoms with Gasteiger partial charge in [-0.25, -0.2) is 5.26 Å². The van der Waals surface area contributed by atoms with Crippen molar-refractivity contribution in [1.82, 2.24) is 6.15 Å². The summed E-state index contributed by atoms with van der Waals surface area (Å²) in [6.07, 6.45) is 20.3. The summed E-state index contributed by atoms with van der Waals surface area (Å²) >= 11 is 0. The van der Waals surface area contributed by atoms with Crippen molar-refractivity contribution in [1.29, 1.82) is 0 Å².